The van der Waals surface area contributed by atoms with Crippen LogP contribution in [-0.2, 0) is 11.2 Å². The lowest BCUT2D eigenvalue weighted by Crippen LogP contribution is -2.21. The Labute approximate surface area is 187 Å². The summed E-state index contributed by atoms with van der Waals surface area (Å²) in [6.45, 7) is -2.65. The molecule has 10 heteroatoms. The van der Waals surface area contributed by atoms with E-state index in [2.05, 4.69) is 25.5 Å². The predicted molar refractivity (Wildman–Crippen MR) is 114 cm³/mol. The number of rotatable bonds is 7. The summed E-state index contributed by atoms with van der Waals surface area (Å²) in [4.78, 5) is 21.0. The summed E-state index contributed by atoms with van der Waals surface area (Å²) < 4.78 is 41.7. The van der Waals surface area contributed by atoms with E-state index in [1.165, 1.54) is 25.3 Å². The lowest BCUT2D eigenvalue weighted by atomic mass is 10.1. The van der Waals surface area contributed by atoms with Gasteiger partial charge in [-0.1, -0.05) is 11.6 Å². The van der Waals surface area contributed by atoms with Gasteiger partial charge in [-0.05, 0) is 18.9 Å². The monoisotopic (exact) mass is 445 g/mol. The van der Waals surface area contributed by atoms with Gasteiger partial charge in [-0.25, -0.2) is 4.39 Å². The van der Waals surface area contributed by atoms with Crippen molar-refractivity contribution >= 4 is 28.9 Å². The fourth-order valence-corrected chi connectivity index (χ4v) is 3.28. The van der Waals surface area contributed by atoms with Gasteiger partial charge in [0.2, 0.25) is 5.91 Å². The van der Waals surface area contributed by atoms with Crippen LogP contribution in [0, 0.1) is 5.82 Å². The van der Waals surface area contributed by atoms with Gasteiger partial charge in [0.25, 0.3) is 0 Å². The van der Waals surface area contributed by atoms with Crippen LogP contribution < -0.4 is 15.4 Å². The van der Waals surface area contributed by atoms with Gasteiger partial charge in [0.05, 0.1) is 48.2 Å². The van der Waals surface area contributed by atoms with Crippen molar-refractivity contribution in [3.8, 4) is 17.0 Å². The molecule has 1 fully saturated rings. The number of likely N-dealkylation sites (N-methyl/N-ethyl adjacent to an activating group) is 1. The SMILES string of the molecule is [2H]C([2H])([2H])NC(=O)Cc1nnc(Cl)cc1Nc1cc(F)cc(-c2cnc(C3CC3)cn2)c1OC. The zero-order valence-corrected chi connectivity index (χ0v) is 17.2. The molecular formula is C21H20ClFN6O2. The van der Waals surface area contributed by atoms with Crippen LogP contribution in [0.5, 0.6) is 5.75 Å². The van der Waals surface area contributed by atoms with Gasteiger partial charge in [-0.3, -0.25) is 14.8 Å². The van der Waals surface area contributed by atoms with Crippen LogP contribution in [0.2, 0.25) is 5.15 Å². The van der Waals surface area contributed by atoms with Crippen LogP contribution >= 0.6 is 11.6 Å². The van der Waals surface area contributed by atoms with Crippen molar-refractivity contribution in [1.29, 1.82) is 0 Å². The average molecular weight is 446 g/mol. The summed E-state index contributed by atoms with van der Waals surface area (Å²) in [6, 6.07) is 3.88. The summed E-state index contributed by atoms with van der Waals surface area (Å²) in [6.07, 6.45) is 5.02. The number of aromatic nitrogens is 4. The fourth-order valence-electron chi connectivity index (χ4n) is 3.14. The van der Waals surface area contributed by atoms with Crippen LogP contribution in [0.1, 0.15) is 34.3 Å². The fraction of sp³-hybridized carbons (Fsp3) is 0.286. The normalized spacial score (nSPS) is 14.9. The number of methoxy groups -OCH3 is 1. The van der Waals surface area contributed by atoms with E-state index in [-0.39, 0.29) is 28.0 Å². The number of amides is 1. The Kier molecular flexibility index (Phi) is 4.93. The van der Waals surface area contributed by atoms with Crippen LogP contribution in [0.25, 0.3) is 11.3 Å². The molecule has 1 aliphatic carbocycles. The Morgan fingerprint density at radius 3 is 2.77 bits per heavy atom. The van der Waals surface area contributed by atoms with Crippen LogP contribution in [-0.4, -0.2) is 40.2 Å². The number of benzene rings is 1. The zero-order valence-electron chi connectivity index (χ0n) is 19.4. The molecule has 1 aromatic carbocycles. The highest BCUT2D eigenvalue weighted by Crippen LogP contribution is 2.41. The largest absolute Gasteiger partial charge is 0.494 e. The molecule has 1 saturated carbocycles. The molecule has 0 atom stereocenters. The number of ether oxygens (including phenoxy) is 1. The highest BCUT2D eigenvalue weighted by atomic mass is 35.5. The van der Waals surface area contributed by atoms with E-state index in [9.17, 15) is 9.18 Å². The minimum Gasteiger partial charge on any atom is -0.494 e. The molecule has 1 amide bonds. The molecule has 0 radical (unpaired) electrons. The van der Waals surface area contributed by atoms with Gasteiger partial charge in [-0.15, -0.1) is 5.10 Å². The third-order valence-electron chi connectivity index (χ3n) is 4.78. The molecule has 0 bridgehead atoms. The maximum absolute atomic E-state index is 14.6. The van der Waals surface area contributed by atoms with E-state index in [1.54, 1.807) is 12.4 Å². The summed E-state index contributed by atoms with van der Waals surface area (Å²) in [5, 5.41) is 12.5. The summed E-state index contributed by atoms with van der Waals surface area (Å²) in [5.74, 6) is -0.655. The number of anilines is 2. The van der Waals surface area contributed by atoms with E-state index in [0.29, 0.717) is 17.2 Å². The highest BCUT2D eigenvalue weighted by Gasteiger charge is 2.25. The Morgan fingerprint density at radius 1 is 1.26 bits per heavy atom. The first-order chi connectivity index (χ1) is 16.1. The second kappa shape index (κ2) is 8.81. The van der Waals surface area contributed by atoms with Gasteiger partial charge >= 0.3 is 0 Å². The zero-order chi connectivity index (χ0) is 24.5. The molecule has 8 nitrogen and oxygen atoms in total. The van der Waals surface area contributed by atoms with Crippen molar-refractivity contribution in [3.63, 3.8) is 0 Å². The minimum absolute atomic E-state index is 0.0135. The van der Waals surface area contributed by atoms with Crippen molar-refractivity contribution in [2.75, 3.05) is 19.4 Å². The molecule has 2 heterocycles. The van der Waals surface area contributed by atoms with E-state index in [4.69, 9.17) is 20.5 Å². The quantitative estimate of drug-likeness (QED) is 0.572. The van der Waals surface area contributed by atoms with Crippen molar-refractivity contribution in [2.24, 2.45) is 0 Å². The number of halogens is 2. The average Bonchev–Trinajstić information content (AvgIpc) is 3.60. The Hall–Kier alpha value is -3.33. The number of hydrogen-bond donors (Lipinski definition) is 2. The van der Waals surface area contributed by atoms with E-state index < -0.39 is 25.1 Å². The lowest BCUT2D eigenvalue weighted by molar-refractivity contribution is -0.120. The molecular weight excluding hydrogens is 423 g/mol. The molecule has 160 valence electrons. The number of nitrogens with one attached hydrogen (secondary N) is 2. The van der Waals surface area contributed by atoms with Gasteiger partial charge in [0.1, 0.15) is 5.82 Å². The first-order valence-electron chi connectivity index (χ1n) is 10.9. The maximum Gasteiger partial charge on any atom is 0.225 e. The van der Waals surface area contributed by atoms with Gasteiger partial charge in [0, 0.05) is 40.9 Å². The van der Waals surface area contributed by atoms with Gasteiger partial charge in [-0.2, -0.15) is 5.10 Å². The van der Waals surface area contributed by atoms with Crippen molar-refractivity contribution in [1.82, 2.24) is 25.5 Å². The molecule has 1 aliphatic rings. The van der Waals surface area contributed by atoms with Crippen LogP contribution in [0.15, 0.2) is 30.6 Å². The molecule has 0 spiro atoms. The van der Waals surface area contributed by atoms with Crippen molar-refractivity contribution < 1.29 is 18.0 Å². The lowest BCUT2D eigenvalue weighted by Gasteiger charge is -2.17. The number of nitrogens with zero attached hydrogens (tertiary/aromatic N) is 4. The first kappa shape index (κ1) is 17.4. The molecule has 0 aliphatic heterocycles. The van der Waals surface area contributed by atoms with E-state index in [0.717, 1.165) is 18.5 Å². The Balaban J connectivity index is 1.67. The standard InChI is InChI=1S/C21H20ClFN6O2/c1-24-20(30)8-15-14(7-19(22)29-28-15)27-16-6-12(23)5-13(21(16)31-2)18-10-25-17(9-26-18)11-3-4-11/h5-7,9-11H,3-4,8H2,1-2H3,(H,24,30)(H,27,29)/i1D3. The number of hydrogen-bond acceptors (Lipinski definition) is 7. The summed E-state index contributed by atoms with van der Waals surface area (Å²) >= 11 is 5.98. The Bertz CT molecular complexity index is 1220. The van der Waals surface area contributed by atoms with E-state index in [1.807, 2.05) is 5.32 Å². The Morgan fingerprint density at radius 2 is 2.10 bits per heavy atom. The molecule has 2 N–H and O–H groups in total. The summed E-state index contributed by atoms with van der Waals surface area (Å²) in [5.41, 5.74) is 2.24. The minimum atomic E-state index is -2.65. The summed E-state index contributed by atoms with van der Waals surface area (Å²) in [7, 11) is 1.43. The smallest absolute Gasteiger partial charge is 0.225 e. The molecule has 3 aromatic rings. The number of carbonyl (C=O) groups is 1. The van der Waals surface area contributed by atoms with Crippen LogP contribution in [0.3, 0.4) is 0 Å². The van der Waals surface area contributed by atoms with Gasteiger partial charge in [0.15, 0.2) is 10.9 Å². The molecule has 0 saturated heterocycles. The highest BCUT2D eigenvalue weighted by molar-refractivity contribution is 6.29. The second-order valence-electron chi connectivity index (χ2n) is 7.01. The topological polar surface area (TPSA) is 102 Å². The third-order valence-corrected chi connectivity index (χ3v) is 4.96. The predicted octanol–water partition coefficient (Wildman–Crippen LogP) is 3.64. The second-order valence-corrected chi connectivity index (χ2v) is 7.40. The van der Waals surface area contributed by atoms with Crippen molar-refractivity contribution in [3.05, 3.63) is 53.0 Å². The third kappa shape index (κ3) is 4.72. The number of carbonyl (C=O) groups excluding carboxylic acids is 1. The molecule has 4 rings (SSSR count). The molecule has 0 unspecified atom stereocenters. The molecule has 2 aromatic heterocycles. The maximum atomic E-state index is 14.6. The first-order valence-corrected chi connectivity index (χ1v) is 9.80. The van der Waals surface area contributed by atoms with E-state index >= 15 is 0 Å². The van der Waals surface area contributed by atoms with Crippen molar-refractivity contribution in [2.45, 2.75) is 25.2 Å². The molecule has 31 heavy (non-hydrogen) atoms. The van der Waals surface area contributed by atoms with Crippen LogP contribution in [0.4, 0.5) is 15.8 Å². The van der Waals surface area contributed by atoms with Gasteiger partial charge < -0.3 is 15.4 Å².